The summed E-state index contributed by atoms with van der Waals surface area (Å²) in [4.78, 5) is 8.97. The normalized spacial score (nSPS) is 15.8. The maximum absolute atomic E-state index is 12.6. The molecule has 0 aromatic carbocycles. The number of pyridine rings is 1. The van der Waals surface area contributed by atoms with E-state index in [-0.39, 0.29) is 5.96 Å². The van der Waals surface area contributed by atoms with Crippen LogP contribution in [0.1, 0.15) is 67.6 Å². The van der Waals surface area contributed by atoms with E-state index in [1.807, 2.05) is 6.92 Å². The molecule has 4 N–H and O–H groups in total. The van der Waals surface area contributed by atoms with E-state index in [0.29, 0.717) is 15.1 Å². The zero-order valence-electron chi connectivity index (χ0n) is 16.9. The molecule has 0 saturated carbocycles. The molecule has 2 aromatic rings. The van der Waals surface area contributed by atoms with Crippen LogP contribution in [0, 0.1) is 6.92 Å². The quantitative estimate of drug-likeness (QED) is 0.505. The Balaban J connectivity index is 1.88. The average Bonchev–Trinajstić information content (AvgIpc) is 3.25. The maximum Gasteiger partial charge on any atom is 0.207 e. The SMILES string of the molecule is Cc1c(C(C)C)nc2c(c1NC(N)=NS(=O)c1cnc(C(C)(C)O)s1)CCC2. The van der Waals surface area contributed by atoms with E-state index >= 15 is 0 Å². The summed E-state index contributed by atoms with van der Waals surface area (Å²) in [6, 6.07) is 0. The Morgan fingerprint density at radius 3 is 2.75 bits per heavy atom. The van der Waals surface area contributed by atoms with Gasteiger partial charge in [-0.1, -0.05) is 13.8 Å². The van der Waals surface area contributed by atoms with Crippen molar-refractivity contribution in [3.8, 4) is 0 Å². The fourth-order valence-electron chi connectivity index (χ4n) is 3.34. The minimum Gasteiger partial charge on any atom is -0.383 e. The summed E-state index contributed by atoms with van der Waals surface area (Å²) in [5.41, 5.74) is 10.3. The van der Waals surface area contributed by atoms with Crippen molar-refractivity contribution in [1.29, 1.82) is 0 Å². The molecule has 28 heavy (non-hydrogen) atoms. The fraction of sp³-hybridized carbons (Fsp3) is 0.526. The smallest absolute Gasteiger partial charge is 0.207 e. The maximum atomic E-state index is 12.6. The Morgan fingerprint density at radius 1 is 1.43 bits per heavy atom. The third-order valence-corrected chi connectivity index (χ3v) is 7.26. The lowest BCUT2D eigenvalue weighted by atomic mass is 9.99. The highest BCUT2D eigenvalue weighted by Gasteiger charge is 2.24. The van der Waals surface area contributed by atoms with Gasteiger partial charge in [0.15, 0.2) is 11.0 Å². The van der Waals surface area contributed by atoms with Gasteiger partial charge in [0, 0.05) is 11.4 Å². The number of rotatable bonds is 5. The molecule has 0 aliphatic heterocycles. The zero-order chi connectivity index (χ0) is 20.6. The van der Waals surface area contributed by atoms with Crippen LogP contribution in [0.5, 0.6) is 0 Å². The van der Waals surface area contributed by atoms with E-state index in [4.69, 9.17) is 10.7 Å². The number of anilines is 1. The van der Waals surface area contributed by atoms with E-state index in [0.717, 1.165) is 53.2 Å². The van der Waals surface area contributed by atoms with Crippen molar-refractivity contribution in [2.75, 3.05) is 5.32 Å². The predicted octanol–water partition coefficient (Wildman–Crippen LogP) is 3.14. The molecule has 9 heteroatoms. The summed E-state index contributed by atoms with van der Waals surface area (Å²) in [5.74, 6) is 0.394. The minimum absolute atomic E-state index is 0.0923. The molecule has 3 rings (SSSR count). The Bertz CT molecular complexity index is 945. The Labute approximate surface area is 172 Å². The number of hydrogen-bond acceptors (Lipinski definition) is 5. The number of guanidine groups is 1. The van der Waals surface area contributed by atoms with Gasteiger partial charge in [0.1, 0.15) is 14.8 Å². The van der Waals surface area contributed by atoms with Gasteiger partial charge in [-0.3, -0.25) is 4.98 Å². The Morgan fingerprint density at radius 2 is 2.14 bits per heavy atom. The lowest BCUT2D eigenvalue weighted by molar-refractivity contribution is 0.0783. The first kappa shape index (κ1) is 20.9. The summed E-state index contributed by atoms with van der Waals surface area (Å²) < 4.78 is 17.1. The summed E-state index contributed by atoms with van der Waals surface area (Å²) >= 11 is 1.16. The van der Waals surface area contributed by atoms with Crippen LogP contribution in [0.3, 0.4) is 0 Å². The summed E-state index contributed by atoms with van der Waals surface area (Å²) in [6.45, 7) is 9.55. The Hall–Kier alpha value is -1.84. The number of thiazole rings is 1. The van der Waals surface area contributed by atoms with Gasteiger partial charge in [-0.25, -0.2) is 9.19 Å². The average molecular weight is 422 g/mol. The molecule has 1 atom stereocenters. The molecular weight excluding hydrogens is 394 g/mol. The predicted molar refractivity (Wildman–Crippen MR) is 114 cm³/mol. The first-order valence-corrected chi connectivity index (χ1v) is 11.2. The van der Waals surface area contributed by atoms with Gasteiger partial charge in [0.2, 0.25) is 5.96 Å². The molecule has 1 unspecified atom stereocenters. The van der Waals surface area contributed by atoms with Crippen LogP contribution in [0.25, 0.3) is 0 Å². The highest BCUT2D eigenvalue weighted by Crippen LogP contribution is 2.34. The molecule has 0 spiro atoms. The number of aromatic nitrogens is 2. The number of aliphatic hydroxyl groups is 1. The molecular formula is C19H27N5O2S2. The second-order valence-electron chi connectivity index (χ2n) is 7.82. The monoisotopic (exact) mass is 421 g/mol. The molecule has 7 nitrogen and oxygen atoms in total. The summed E-state index contributed by atoms with van der Waals surface area (Å²) in [6.07, 6.45) is 4.45. The van der Waals surface area contributed by atoms with Gasteiger partial charge < -0.3 is 16.2 Å². The molecule has 0 fully saturated rings. The second kappa shape index (κ2) is 7.88. The van der Waals surface area contributed by atoms with Crippen molar-refractivity contribution in [3.63, 3.8) is 0 Å². The van der Waals surface area contributed by atoms with Crippen molar-refractivity contribution in [2.45, 2.75) is 69.6 Å². The van der Waals surface area contributed by atoms with Crippen LogP contribution in [-0.2, 0) is 29.4 Å². The van der Waals surface area contributed by atoms with Crippen LogP contribution >= 0.6 is 11.3 Å². The topological polar surface area (TPSA) is 113 Å². The Kier molecular flexibility index (Phi) is 5.88. The highest BCUT2D eigenvalue weighted by molar-refractivity contribution is 7.86. The first-order chi connectivity index (χ1) is 13.1. The van der Waals surface area contributed by atoms with Crippen molar-refractivity contribution in [1.82, 2.24) is 9.97 Å². The third kappa shape index (κ3) is 4.26. The molecule has 0 radical (unpaired) electrons. The van der Waals surface area contributed by atoms with Crippen LogP contribution in [0.2, 0.25) is 0 Å². The van der Waals surface area contributed by atoms with Gasteiger partial charge in [-0.15, -0.1) is 15.7 Å². The van der Waals surface area contributed by atoms with E-state index in [1.165, 1.54) is 11.8 Å². The molecule has 0 amide bonds. The zero-order valence-corrected chi connectivity index (χ0v) is 18.5. The van der Waals surface area contributed by atoms with Crippen molar-refractivity contribution < 1.29 is 9.32 Å². The van der Waals surface area contributed by atoms with E-state index in [2.05, 4.69) is 28.5 Å². The van der Waals surface area contributed by atoms with Gasteiger partial charge >= 0.3 is 0 Å². The second-order valence-corrected chi connectivity index (χ2v) is 10.2. The van der Waals surface area contributed by atoms with E-state index in [1.54, 1.807) is 13.8 Å². The lowest BCUT2D eigenvalue weighted by Crippen LogP contribution is -2.25. The van der Waals surface area contributed by atoms with Crippen molar-refractivity contribution in [3.05, 3.63) is 33.7 Å². The number of nitrogens with zero attached hydrogens (tertiary/aromatic N) is 3. The largest absolute Gasteiger partial charge is 0.383 e. The molecule has 2 heterocycles. The summed E-state index contributed by atoms with van der Waals surface area (Å²) in [7, 11) is -1.69. The van der Waals surface area contributed by atoms with Gasteiger partial charge in [0.05, 0.1) is 11.9 Å². The van der Waals surface area contributed by atoms with Gasteiger partial charge in [0.25, 0.3) is 0 Å². The molecule has 2 aromatic heterocycles. The van der Waals surface area contributed by atoms with E-state index in [9.17, 15) is 9.32 Å². The number of aryl methyl sites for hydroxylation is 1. The third-order valence-electron chi connectivity index (χ3n) is 4.67. The molecule has 0 bridgehead atoms. The van der Waals surface area contributed by atoms with Crippen molar-refractivity contribution >= 4 is 34.0 Å². The summed E-state index contributed by atoms with van der Waals surface area (Å²) in [5, 5.41) is 13.7. The number of nitrogens with two attached hydrogens (primary N) is 1. The minimum atomic E-state index is -1.69. The highest BCUT2D eigenvalue weighted by atomic mass is 32.2. The van der Waals surface area contributed by atoms with E-state index < -0.39 is 16.6 Å². The van der Waals surface area contributed by atoms with Crippen molar-refractivity contribution in [2.24, 2.45) is 10.1 Å². The molecule has 1 aliphatic carbocycles. The number of fused-ring (bicyclic) bond motifs is 1. The molecule has 1 aliphatic rings. The van der Waals surface area contributed by atoms with Gasteiger partial charge in [-0.05, 0) is 57.1 Å². The number of hydrogen-bond donors (Lipinski definition) is 3. The fourth-order valence-corrected chi connectivity index (χ4v) is 5.09. The standard InChI is InChI=1S/C19H27N5O2S2/c1-10(2)15-11(3)16(12-7-6-8-13(12)22-15)23-18(20)24-28(26)14-9-21-17(27-14)19(4,5)25/h9-10,25H,6-8H2,1-5H3,(H3,20,22,23,24). The van der Waals surface area contributed by atoms with Crippen LogP contribution < -0.4 is 11.1 Å². The van der Waals surface area contributed by atoms with Crippen LogP contribution in [0.15, 0.2) is 14.8 Å². The molecule has 0 saturated heterocycles. The molecule has 152 valence electrons. The van der Waals surface area contributed by atoms with Gasteiger partial charge in [-0.2, -0.15) is 0 Å². The van der Waals surface area contributed by atoms with Crippen LogP contribution in [0.4, 0.5) is 5.69 Å². The number of nitrogens with one attached hydrogen (secondary N) is 1. The first-order valence-electron chi connectivity index (χ1n) is 9.32. The lowest BCUT2D eigenvalue weighted by Gasteiger charge is -2.18. The van der Waals surface area contributed by atoms with Crippen LogP contribution in [-0.4, -0.2) is 25.2 Å².